The Morgan fingerprint density at radius 2 is 1.76 bits per heavy atom. The quantitative estimate of drug-likeness (QED) is 0.816. The van der Waals surface area contributed by atoms with E-state index in [-0.39, 0.29) is 11.8 Å². The average Bonchev–Trinajstić information content (AvgIpc) is 2.83. The summed E-state index contributed by atoms with van der Waals surface area (Å²) in [6.45, 7) is 0.827. The minimum absolute atomic E-state index is 0.0938. The van der Waals surface area contributed by atoms with Crippen molar-refractivity contribution in [3.63, 3.8) is 0 Å². The number of hydrogen-bond acceptors (Lipinski definition) is 2. The zero-order valence-corrected chi connectivity index (χ0v) is 10.5. The number of ketones is 1. The predicted octanol–water partition coefficient (Wildman–Crippen LogP) is 2.44. The molecule has 3 heteroatoms. The highest BCUT2D eigenvalue weighted by Crippen LogP contribution is 2.27. The number of carbonyl (C=O) groups excluding carboxylic acids is 2. The number of amides is 1. The Kier molecular flexibility index (Phi) is 4.57. The van der Waals surface area contributed by atoms with E-state index in [0.29, 0.717) is 18.6 Å². The van der Waals surface area contributed by atoms with Crippen molar-refractivity contribution in [1.82, 2.24) is 5.32 Å². The van der Waals surface area contributed by atoms with Crippen molar-refractivity contribution in [3.05, 3.63) is 0 Å². The van der Waals surface area contributed by atoms with Crippen molar-refractivity contribution in [2.24, 2.45) is 11.8 Å². The van der Waals surface area contributed by atoms with Crippen LogP contribution in [0.5, 0.6) is 0 Å². The molecule has 0 aliphatic heterocycles. The lowest BCUT2D eigenvalue weighted by Gasteiger charge is -2.20. The lowest BCUT2D eigenvalue weighted by atomic mass is 9.88. The molecule has 0 unspecified atom stereocenters. The van der Waals surface area contributed by atoms with Gasteiger partial charge in [0.2, 0.25) is 5.91 Å². The number of carbonyl (C=O) groups is 2. The molecular weight excluding hydrogens is 214 g/mol. The van der Waals surface area contributed by atoms with Crippen LogP contribution in [-0.2, 0) is 9.59 Å². The summed E-state index contributed by atoms with van der Waals surface area (Å²) in [4.78, 5) is 22.9. The molecule has 0 spiro atoms. The summed E-state index contributed by atoms with van der Waals surface area (Å²) in [5.41, 5.74) is 0. The largest absolute Gasteiger partial charge is 0.356 e. The molecule has 0 atom stereocenters. The Morgan fingerprint density at radius 3 is 2.41 bits per heavy atom. The highest BCUT2D eigenvalue weighted by atomic mass is 16.2. The molecule has 1 N–H and O–H groups in total. The van der Waals surface area contributed by atoms with Crippen molar-refractivity contribution in [1.29, 1.82) is 0 Å². The van der Waals surface area contributed by atoms with E-state index in [0.717, 1.165) is 31.7 Å². The molecule has 0 saturated heterocycles. The molecule has 1 amide bonds. The Balaban J connectivity index is 1.61. The van der Waals surface area contributed by atoms with Gasteiger partial charge in [0.25, 0.3) is 0 Å². The molecule has 96 valence electrons. The van der Waals surface area contributed by atoms with Gasteiger partial charge in [-0.25, -0.2) is 0 Å². The van der Waals surface area contributed by atoms with E-state index in [1.165, 1.54) is 25.7 Å². The second-order valence-corrected chi connectivity index (χ2v) is 5.54. The van der Waals surface area contributed by atoms with Gasteiger partial charge in [-0.1, -0.05) is 25.7 Å². The van der Waals surface area contributed by atoms with Crippen molar-refractivity contribution >= 4 is 11.7 Å². The van der Waals surface area contributed by atoms with Gasteiger partial charge >= 0.3 is 0 Å². The zero-order chi connectivity index (χ0) is 12.1. The third-order valence-corrected chi connectivity index (χ3v) is 4.24. The van der Waals surface area contributed by atoms with Gasteiger partial charge in [0.1, 0.15) is 5.78 Å². The Morgan fingerprint density at radius 1 is 1.12 bits per heavy atom. The summed E-state index contributed by atoms with van der Waals surface area (Å²) in [6, 6.07) is 0. The van der Waals surface area contributed by atoms with Crippen LogP contribution in [0, 0.1) is 11.8 Å². The number of rotatable bonds is 4. The summed E-state index contributed by atoms with van der Waals surface area (Å²) in [5.74, 6) is 1.43. The Bertz CT molecular complexity index is 272. The van der Waals surface area contributed by atoms with Crippen molar-refractivity contribution < 1.29 is 9.59 Å². The molecule has 0 radical (unpaired) electrons. The van der Waals surface area contributed by atoms with Gasteiger partial charge in [-0.05, 0) is 25.2 Å². The highest BCUT2D eigenvalue weighted by Gasteiger charge is 2.24. The maximum Gasteiger partial charge on any atom is 0.223 e. The summed E-state index contributed by atoms with van der Waals surface area (Å²) in [6.07, 6.45) is 9.26. The van der Waals surface area contributed by atoms with Crippen molar-refractivity contribution in [2.75, 3.05) is 6.54 Å². The summed E-state index contributed by atoms with van der Waals surface area (Å²) >= 11 is 0. The Labute approximate surface area is 103 Å². The molecule has 0 heterocycles. The maximum atomic E-state index is 11.9. The topological polar surface area (TPSA) is 46.2 Å². The van der Waals surface area contributed by atoms with Crippen LogP contribution in [0.1, 0.15) is 57.8 Å². The van der Waals surface area contributed by atoms with E-state index in [4.69, 9.17) is 0 Å². The fraction of sp³-hybridized carbons (Fsp3) is 0.857. The van der Waals surface area contributed by atoms with Crippen LogP contribution < -0.4 is 5.32 Å². The van der Waals surface area contributed by atoms with E-state index >= 15 is 0 Å². The number of nitrogens with one attached hydrogen (secondary N) is 1. The maximum absolute atomic E-state index is 11.9. The molecule has 0 aromatic rings. The fourth-order valence-electron chi connectivity index (χ4n) is 3.04. The first kappa shape index (κ1) is 12.6. The second-order valence-electron chi connectivity index (χ2n) is 5.54. The molecule has 2 fully saturated rings. The molecule has 2 saturated carbocycles. The lowest BCUT2D eigenvalue weighted by molar-refractivity contribution is -0.128. The van der Waals surface area contributed by atoms with Crippen molar-refractivity contribution in [2.45, 2.75) is 57.8 Å². The third-order valence-electron chi connectivity index (χ3n) is 4.24. The normalized spacial score (nSPS) is 22.9. The van der Waals surface area contributed by atoms with Crippen LogP contribution in [0.4, 0.5) is 0 Å². The molecule has 0 bridgehead atoms. The van der Waals surface area contributed by atoms with Crippen LogP contribution >= 0.6 is 0 Å². The summed E-state index contributed by atoms with van der Waals surface area (Å²) < 4.78 is 0. The van der Waals surface area contributed by atoms with E-state index in [2.05, 4.69) is 5.32 Å². The monoisotopic (exact) mass is 237 g/mol. The van der Waals surface area contributed by atoms with Gasteiger partial charge in [0.15, 0.2) is 0 Å². The van der Waals surface area contributed by atoms with Gasteiger partial charge in [-0.3, -0.25) is 9.59 Å². The van der Waals surface area contributed by atoms with Crippen LogP contribution in [0.3, 0.4) is 0 Å². The minimum atomic E-state index is 0.0938. The first-order chi connectivity index (χ1) is 8.25. The molecular formula is C14H23NO2. The summed E-state index contributed by atoms with van der Waals surface area (Å²) in [5, 5.41) is 3.04. The van der Waals surface area contributed by atoms with Gasteiger partial charge in [-0.2, -0.15) is 0 Å². The number of hydrogen-bond donors (Lipinski definition) is 1. The van der Waals surface area contributed by atoms with Gasteiger partial charge < -0.3 is 5.32 Å². The smallest absolute Gasteiger partial charge is 0.223 e. The van der Waals surface area contributed by atoms with Crippen LogP contribution in [-0.4, -0.2) is 18.2 Å². The first-order valence-corrected chi connectivity index (χ1v) is 7.05. The van der Waals surface area contributed by atoms with E-state index in [1.54, 1.807) is 0 Å². The highest BCUT2D eigenvalue weighted by molar-refractivity contribution is 5.84. The molecule has 2 aliphatic carbocycles. The third kappa shape index (κ3) is 3.83. The van der Waals surface area contributed by atoms with E-state index in [9.17, 15) is 9.59 Å². The van der Waals surface area contributed by atoms with Crippen LogP contribution in [0.2, 0.25) is 0 Å². The first-order valence-electron chi connectivity index (χ1n) is 7.05. The Hall–Kier alpha value is -0.860. The summed E-state index contributed by atoms with van der Waals surface area (Å²) in [7, 11) is 0. The molecule has 0 aromatic carbocycles. The average molecular weight is 237 g/mol. The SMILES string of the molecule is O=C1CCC(C(=O)NCCC2CCCC2)CC1. The predicted molar refractivity (Wildman–Crippen MR) is 66.5 cm³/mol. The number of Topliss-reactive ketones (excluding diaryl/α,β-unsaturated/α-hetero) is 1. The minimum Gasteiger partial charge on any atom is -0.356 e. The van der Waals surface area contributed by atoms with Crippen LogP contribution in [0.25, 0.3) is 0 Å². The van der Waals surface area contributed by atoms with Gasteiger partial charge in [0.05, 0.1) is 0 Å². The van der Waals surface area contributed by atoms with Crippen molar-refractivity contribution in [3.8, 4) is 0 Å². The lowest BCUT2D eigenvalue weighted by Crippen LogP contribution is -2.34. The van der Waals surface area contributed by atoms with Gasteiger partial charge in [-0.15, -0.1) is 0 Å². The van der Waals surface area contributed by atoms with Crippen LogP contribution in [0.15, 0.2) is 0 Å². The fourth-order valence-corrected chi connectivity index (χ4v) is 3.04. The molecule has 3 nitrogen and oxygen atoms in total. The van der Waals surface area contributed by atoms with E-state index < -0.39 is 0 Å². The second kappa shape index (κ2) is 6.18. The van der Waals surface area contributed by atoms with E-state index in [1.807, 2.05) is 0 Å². The molecule has 2 aliphatic rings. The molecule has 0 aromatic heterocycles. The standard InChI is InChI=1S/C14H23NO2/c16-13-7-5-12(6-8-13)14(17)15-10-9-11-3-1-2-4-11/h11-12H,1-10H2,(H,15,17). The zero-order valence-electron chi connectivity index (χ0n) is 10.5. The molecule has 17 heavy (non-hydrogen) atoms. The van der Waals surface area contributed by atoms with Gasteiger partial charge in [0, 0.05) is 25.3 Å². The molecule has 2 rings (SSSR count).